The Labute approximate surface area is 133 Å². The Balaban J connectivity index is 0.00000324. The van der Waals surface area contributed by atoms with E-state index in [9.17, 15) is 0 Å². The van der Waals surface area contributed by atoms with E-state index in [1.54, 1.807) is 14.2 Å². The van der Waals surface area contributed by atoms with Crippen LogP contribution in [0.2, 0.25) is 0 Å². The van der Waals surface area contributed by atoms with Crippen LogP contribution in [0.1, 0.15) is 24.5 Å². The van der Waals surface area contributed by atoms with Gasteiger partial charge in [0.2, 0.25) is 0 Å². The van der Waals surface area contributed by atoms with Gasteiger partial charge in [0.05, 0.1) is 6.61 Å². The topological polar surface area (TPSA) is 45.7 Å². The van der Waals surface area contributed by atoms with Crippen molar-refractivity contribution >= 4 is 29.9 Å². The van der Waals surface area contributed by atoms with Gasteiger partial charge in [-0.25, -0.2) is 0 Å². The quantitative estimate of drug-likeness (QED) is 0.455. The SMILES string of the molecule is CCCNC(=NC)NCc1cccc(COC)c1.I. The Kier molecular flexibility index (Phi) is 10.6. The van der Waals surface area contributed by atoms with E-state index in [1.807, 2.05) is 6.07 Å². The van der Waals surface area contributed by atoms with Crippen molar-refractivity contribution in [1.29, 1.82) is 0 Å². The van der Waals surface area contributed by atoms with Gasteiger partial charge >= 0.3 is 0 Å². The van der Waals surface area contributed by atoms with Gasteiger partial charge in [0, 0.05) is 27.2 Å². The molecule has 0 bridgehead atoms. The van der Waals surface area contributed by atoms with Gasteiger partial charge in [-0.15, -0.1) is 24.0 Å². The van der Waals surface area contributed by atoms with Crippen molar-refractivity contribution in [2.75, 3.05) is 20.7 Å². The molecular formula is C14H24IN3O. The zero-order valence-corrected chi connectivity index (χ0v) is 14.2. The van der Waals surface area contributed by atoms with Gasteiger partial charge in [-0.2, -0.15) is 0 Å². The molecule has 0 unspecified atom stereocenters. The van der Waals surface area contributed by atoms with Crippen molar-refractivity contribution in [2.45, 2.75) is 26.5 Å². The van der Waals surface area contributed by atoms with Crippen LogP contribution in [0.25, 0.3) is 0 Å². The average Bonchev–Trinajstić information content (AvgIpc) is 2.40. The molecule has 4 nitrogen and oxygen atoms in total. The smallest absolute Gasteiger partial charge is 0.191 e. The van der Waals surface area contributed by atoms with Crippen molar-refractivity contribution in [3.63, 3.8) is 0 Å². The van der Waals surface area contributed by atoms with Crippen LogP contribution in [0.5, 0.6) is 0 Å². The number of guanidine groups is 1. The summed E-state index contributed by atoms with van der Waals surface area (Å²) in [7, 11) is 3.49. The maximum atomic E-state index is 5.13. The number of ether oxygens (including phenoxy) is 1. The lowest BCUT2D eigenvalue weighted by atomic mass is 10.1. The fourth-order valence-electron chi connectivity index (χ4n) is 1.65. The Bertz CT molecular complexity index is 383. The second kappa shape index (κ2) is 11.0. The second-order valence-electron chi connectivity index (χ2n) is 4.11. The maximum absolute atomic E-state index is 5.13. The molecule has 1 aromatic rings. The minimum Gasteiger partial charge on any atom is -0.380 e. The highest BCUT2D eigenvalue weighted by Gasteiger charge is 1.98. The average molecular weight is 377 g/mol. The van der Waals surface area contributed by atoms with Crippen molar-refractivity contribution in [2.24, 2.45) is 4.99 Å². The number of nitrogens with zero attached hydrogens (tertiary/aromatic N) is 1. The monoisotopic (exact) mass is 377 g/mol. The third kappa shape index (κ3) is 7.37. The number of nitrogens with one attached hydrogen (secondary N) is 2. The molecule has 0 saturated heterocycles. The summed E-state index contributed by atoms with van der Waals surface area (Å²) in [6, 6.07) is 8.35. The van der Waals surface area contributed by atoms with Gasteiger partial charge in [-0.1, -0.05) is 31.2 Å². The summed E-state index contributed by atoms with van der Waals surface area (Å²) in [5.74, 6) is 0.842. The molecule has 0 aliphatic carbocycles. The highest BCUT2D eigenvalue weighted by atomic mass is 127. The minimum atomic E-state index is 0. The van der Waals surface area contributed by atoms with E-state index < -0.39 is 0 Å². The molecule has 0 aliphatic heterocycles. The van der Waals surface area contributed by atoms with Crippen molar-refractivity contribution in [3.8, 4) is 0 Å². The summed E-state index contributed by atoms with van der Waals surface area (Å²) in [6.45, 7) is 4.48. The summed E-state index contributed by atoms with van der Waals surface area (Å²) in [4.78, 5) is 4.17. The third-order valence-corrected chi connectivity index (χ3v) is 2.53. The molecule has 0 amide bonds. The van der Waals surface area contributed by atoms with Crippen LogP contribution in [-0.4, -0.2) is 26.7 Å². The molecule has 2 N–H and O–H groups in total. The number of benzene rings is 1. The minimum absolute atomic E-state index is 0. The lowest BCUT2D eigenvalue weighted by molar-refractivity contribution is 0.185. The first-order chi connectivity index (χ1) is 8.80. The molecule has 0 heterocycles. The van der Waals surface area contributed by atoms with E-state index in [2.05, 4.69) is 40.7 Å². The number of aliphatic imine (C=N–C) groups is 1. The van der Waals surface area contributed by atoms with E-state index in [0.717, 1.165) is 25.5 Å². The van der Waals surface area contributed by atoms with E-state index in [0.29, 0.717) is 6.61 Å². The van der Waals surface area contributed by atoms with Crippen LogP contribution in [0.15, 0.2) is 29.3 Å². The van der Waals surface area contributed by atoms with Crippen molar-refractivity contribution in [3.05, 3.63) is 35.4 Å². The molecule has 0 aliphatic rings. The van der Waals surface area contributed by atoms with Crippen LogP contribution < -0.4 is 10.6 Å². The molecule has 0 fully saturated rings. The Morgan fingerprint density at radius 1 is 1.26 bits per heavy atom. The number of methoxy groups -OCH3 is 1. The van der Waals surface area contributed by atoms with Crippen molar-refractivity contribution < 1.29 is 4.74 Å². The highest BCUT2D eigenvalue weighted by molar-refractivity contribution is 14.0. The fourth-order valence-corrected chi connectivity index (χ4v) is 1.65. The van der Waals surface area contributed by atoms with E-state index in [-0.39, 0.29) is 24.0 Å². The van der Waals surface area contributed by atoms with Crippen LogP contribution in [0.3, 0.4) is 0 Å². The molecule has 0 spiro atoms. The number of rotatable bonds is 6. The highest BCUT2D eigenvalue weighted by Crippen LogP contribution is 2.06. The Morgan fingerprint density at radius 3 is 2.63 bits per heavy atom. The molecular weight excluding hydrogens is 353 g/mol. The summed E-state index contributed by atoms with van der Waals surface area (Å²) in [5.41, 5.74) is 2.41. The van der Waals surface area contributed by atoms with E-state index >= 15 is 0 Å². The van der Waals surface area contributed by atoms with Gasteiger partial charge in [0.25, 0.3) is 0 Å². The van der Waals surface area contributed by atoms with E-state index in [1.165, 1.54) is 11.1 Å². The zero-order valence-electron chi connectivity index (χ0n) is 11.9. The fraction of sp³-hybridized carbons (Fsp3) is 0.500. The van der Waals surface area contributed by atoms with Gasteiger partial charge in [-0.3, -0.25) is 4.99 Å². The van der Waals surface area contributed by atoms with Crippen LogP contribution in [0, 0.1) is 0 Å². The van der Waals surface area contributed by atoms with Gasteiger partial charge in [-0.05, 0) is 17.5 Å². The van der Waals surface area contributed by atoms with Gasteiger partial charge in [0.1, 0.15) is 0 Å². The first-order valence-electron chi connectivity index (χ1n) is 6.31. The van der Waals surface area contributed by atoms with E-state index in [4.69, 9.17) is 4.74 Å². The summed E-state index contributed by atoms with van der Waals surface area (Å²) >= 11 is 0. The second-order valence-corrected chi connectivity index (χ2v) is 4.11. The Morgan fingerprint density at radius 2 is 2.00 bits per heavy atom. The molecule has 108 valence electrons. The summed E-state index contributed by atoms with van der Waals surface area (Å²) in [6.07, 6.45) is 1.09. The first kappa shape index (κ1) is 18.2. The zero-order chi connectivity index (χ0) is 13.2. The maximum Gasteiger partial charge on any atom is 0.191 e. The predicted molar refractivity (Wildman–Crippen MR) is 91.1 cm³/mol. The van der Waals surface area contributed by atoms with Crippen molar-refractivity contribution in [1.82, 2.24) is 10.6 Å². The molecule has 0 aromatic heterocycles. The molecule has 1 aromatic carbocycles. The third-order valence-electron chi connectivity index (χ3n) is 2.53. The largest absolute Gasteiger partial charge is 0.380 e. The van der Waals surface area contributed by atoms with Gasteiger partial charge in [0.15, 0.2) is 5.96 Å². The molecule has 0 radical (unpaired) electrons. The molecule has 19 heavy (non-hydrogen) atoms. The van der Waals surface area contributed by atoms with Crippen LogP contribution in [-0.2, 0) is 17.9 Å². The standard InChI is InChI=1S/C14H23N3O.HI/c1-4-8-16-14(15-2)17-10-12-6-5-7-13(9-12)11-18-3;/h5-7,9H,4,8,10-11H2,1-3H3,(H2,15,16,17);1H. The lowest BCUT2D eigenvalue weighted by Gasteiger charge is -2.11. The normalized spacial score (nSPS) is 10.8. The molecule has 5 heteroatoms. The summed E-state index contributed by atoms with van der Waals surface area (Å²) in [5, 5.41) is 6.53. The van der Waals surface area contributed by atoms with Crippen LogP contribution >= 0.6 is 24.0 Å². The molecule has 0 atom stereocenters. The number of halogens is 1. The first-order valence-corrected chi connectivity index (χ1v) is 6.31. The Hall–Kier alpha value is -0.820. The molecule has 0 saturated carbocycles. The molecule has 1 rings (SSSR count). The van der Waals surface area contributed by atoms with Crippen LogP contribution in [0.4, 0.5) is 0 Å². The predicted octanol–water partition coefficient (Wildman–Crippen LogP) is 2.53. The summed E-state index contributed by atoms with van der Waals surface area (Å²) < 4.78 is 5.13. The number of hydrogen-bond donors (Lipinski definition) is 2. The van der Waals surface area contributed by atoms with Gasteiger partial charge < -0.3 is 15.4 Å². The lowest BCUT2D eigenvalue weighted by Crippen LogP contribution is -2.37. The number of hydrogen-bond acceptors (Lipinski definition) is 2.